The third-order valence-electron chi connectivity index (χ3n) is 1.67. The Morgan fingerprint density at radius 1 is 0.900 bits per heavy atom. The van der Waals surface area contributed by atoms with Crippen LogP contribution < -0.4 is 0 Å². The van der Waals surface area contributed by atoms with E-state index in [0.29, 0.717) is 0 Å². The van der Waals surface area contributed by atoms with Crippen LogP contribution >= 0.6 is 0 Å². The summed E-state index contributed by atoms with van der Waals surface area (Å²) >= 11 is 0. The third kappa shape index (κ3) is 0.751. The Labute approximate surface area is 60.9 Å². The quantitative estimate of drug-likeness (QED) is 0.461. The summed E-state index contributed by atoms with van der Waals surface area (Å²) in [7, 11) is 0. The first-order valence-corrected chi connectivity index (χ1v) is 3.32. The summed E-state index contributed by atoms with van der Waals surface area (Å²) < 4.78 is 0. The molecule has 0 heterocycles. The molecule has 0 atom stereocenters. The third-order valence-corrected chi connectivity index (χ3v) is 1.67. The van der Waals surface area contributed by atoms with E-state index in [1.807, 2.05) is 12.1 Å². The van der Waals surface area contributed by atoms with Gasteiger partial charge in [0.1, 0.15) is 0 Å². The number of rotatable bonds is 0. The molecule has 0 amide bonds. The van der Waals surface area contributed by atoms with Crippen LogP contribution in [0.1, 0.15) is 11.1 Å². The Hall–Kier alpha value is -1.40. The normalized spacial score (nSPS) is 12.4. The number of fused-ring (bicyclic) bond motifs is 1. The highest BCUT2D eigenvalue weighted by Gasteiger charge is 2.00. The van der Waals surface area contributed by atoms with Gasteiger partial charge in [0.25, 0.3) is 0 Å². The SMILES string of the molecule is C1#CCc2cc#ccc2C1. The van der Waals surface area contributed by atoms with E-state index in [4.69, 9.17) is 0 Å². The molecular weight excluding hydrogens is 120 g/mol. The molecule has 0 radical (unpaired) electrons. The van der Waals surface area contributed by atoms with E-state index in [9.17, 15) is 0 Å². The van der Waals surface area contributed by atoms with Gasteiger partial charge in [0.2, 0.25) is 0 Å². The Kier molecular flexibility index (Phi) is 1.12. The molecule has 2 rings (SSSR count). The first kappa shape index (κ1) is 5.39. The maximum atomic E-state index is 3.06. The van der Waals surface area contributed by atoms with Crippen molar-refractivity contribution in [2.75, 3.05) is 0 Å². The maximum Gasteiger partial charge on any atom is 0.0350 e. The van der Waals surface area contributed by atoms with Gasteiger partial charge < -0.3 is 0 Å². The summed E-state index contributed by atoms with van der Waals surface area (Å²) in [5, 5.41) is 0. The summed E-state index contributed by atoms with van der Waals surface area (Å²) in [5.74, 6) is 6.11. The molecule has 0 N–H and O–H groups in total. The Morgan fingerprint density at radius 2 is 1.40 bits per heavy atom. The molecule has 0 aliphatic heterocycles. The van der Waals surface area contributed by atoms with E-state index in [0.717, 1.165) is 12.8 Å². The molecule has 0 unspecified atom stereocenters. The second-order valence-corrected chi connectivity index (χ2v) is 2.33. The van der Waals surface area contributed by atoms with E-state index in [1.165, 1.54) is 11.1 Å². The fourth-order valence-corrected chi connectivity index (χ4v) is 1.09. The van der Waals surface area contributed by atoms with Gasteiger partial charge in [0, 0.05) is 12.8 Å². The summed E-state index contributed by atoms with van der Waals surface area (Å²) in [6.07, 6.45) is 1.78. The van der Waals surface area contributed by atoms with Crippen molar-refractivity contribution in [2.45, 2.75) is 12.8 Å². The van der Waals surface area contributed by atoms with Crippen molar-refractivity contribution in [1.29, 1.82) is 0 Å². The molecule has 0 bridgehead atoms. The standard InChI is InChI=1S/C10H6/c1-2-6-10-8-4-3-7-9(10)5-1/h5-6H,7-8H2. The summed E-state index contributed by atoms with van der Waals surface area (Å²) in [5.41, 5.74) is 2.63. The summed E-state index contributed by atoms with van der Waals surface area (Å²) in [4.78, 5) is 0. The molecule has 0 spiro atoms. The van der Waals surface area contributed by atoms with Crippen molar-refractivity contribution >= 4 is 0 Å². The molecule has 1 aromatic rings. The van der Waals surface area contributed by atoms with Crippen molar-refractivity contribution in [3.8, 4) is 11.8 Å². The molecule has 1 aromatic carbocycles. The molecule has 0 aromatic heterocycles. The molecule has 1 aliphatic carbocycles. The van der Waals surface area contributed by atoms with Crippen molar-refractivity contribution in [3.05, 3.63) is 35.4 Å². The predicted molar refractivity (Wildman–Crippen MR) is 39.3 cm³/mol. The molecule has 0 fully saturated rings. The van der Waals surface area contributed by atoms with Gasteiger partial charge in [-0.1, -0.05) is 24.0 Å². The molecule has 46 valence electrons. The highest BCUT2D eigenvalue weighted by Crippen LogP contribution is 2.09. The smallest absolute Gasteiger partial charge is 0.0350 e. The lowest BCUT2D eigenvalue weighted by atomic mass is 10.0. The van der Waals surface area contributed by atoms with Crippen molar-refractivity contribution in [2.24, 2.45) is 0 Å². The lowest BCUT2D eigenvalue weighted by Gasteiger charge is -2.03. The average Bonchev–Trinajstić information content (AvgIpc) is 2.05. The summed E-state index contributed by atoms with van der Waals surface area (Å²) in [6, 6.07) is 9.81. The highest BCUT2D eigenvalue weighted by atomic mass is 14.0. The van der Waals surface area contributed by atoms with E-state index in [-0.39, 0.29) is 0 Å². The van der Waals surface area contributed by atoms with Gasteiger partial charge in [-0.3, -0.25) is 0 Å². The summed E-state index contributed by atoms with van der Waals surface area (Å²) in [6.45, 7) is 0. The van der Waals surface area contributed by atoms with E-state index in [2.05, 4.69) is 24.0 Å². The van der Waals surface area contributed by atoms with E-state index < -0.39 is 0 Å². The van der Waals surface area contributed by atoms with Gasteiger partial charge in [-0.25, -0.2) is 0 Å². The van der Waals surface area contributed by atoms with E-state index >= 15 is 0 Å². The van der Waals surface area contributed by atoms with Gasteiger partial charge in [-0.2, -0.15) is 0 Å². The van der Waals surface area contributed by atoms with Gasteiger partial charge >= 0.3 is 0 Å². The van der Waals surface area contributed by atoms with Crippen LogP contribution in [0.5, 0.6) is 0 Å². The minimum Gasteiger partial charge on any atom is -0.0981 e. The first-order chi connectivity index (χ1) is 4.97. The minimum absolute atomic E-state index is 0.889. The molecule has 1 aliphatic rings. The Morgan fingerprint density at radius 3 is 1.90 bits per heavy atom. The van der Waals surface area contributed by atoms with Crippen molar-refractivity contribution < 1.29 is 0 Å². The van der Waals surface area contributed by atoms with Crippen LogP contribution in [0.25, 0.3) is 0 Å². The van der Waals surface area contributed by atoms with Crippen LogP contribution in [0.3, 0.4) is 0 Å². The zero-order valence-electron chi connectivity index (χ0n) is 5.57. The monoisotopic (exact) mass is 126 g/mol. The number of hydrogen-bond acceptors (Lipinski definition) is 0. The van der Waals surface area contributed by atoms with Crippen LogP contribution in [0, 0.1) is 24.0 Å². The Bertz CT molecular complexity index is 270. The van der Waals surface area contributed by atoms with Crippen molar-refractivity contribution in [1.82, 2.24) is 0 Å². The molecular formula is C10H6. The van der Waals surface area contributed by atoms with Crippen LogP contribution in [0.4, 0.5) is 0 Å². The lowest BCUT2D eigenvalue weighted by Crippen LogP contribution is -1.94. The van der Waals surface area contributed by atoms with Crippen molar-refractivity contribution in [3.63, 3.8) is 0 Å². The topological polar surface area (TPSA) is 0 Å². The van der Waals surface area contributed by atoms with Crippen LogP contribution in [0.15, 0.2) is 12.1 Å². The van der Waals surface area contributed by atoms with Gasteiger partial charge in [0.05, 0.1) is 0 Å². The van der Waals surface area contributed by atoms with Crippen LogP contribution in [0.2, 0.25) is 0 Å². The molecule has 0 heteroatoms. The second-order valence-electron chi connectivity index (χ2n) is 2.33. The minimum atomic E-state index is 0.889. The van der Waals surface area contributed by atoms with Gasteiger partial charge in [0.15, 0.2) is 0 Å². The lowest BCUT2D eigenvalue weighted by molar-refractivity contribution is 1.16. The Balaban J connectivity index is 2.52. The largest absolute Gasteiger partial charge is 0.0981 e. The zero-order chi connectivity index (χ0) is 6.81. The molecule has 0 nitrogen and oxygen atoms in total. The average molecular weight is 126 g/mol. The van der Waals surface area contributed by atoms with Crippen LogP contribution in [-0.2, 0) is 12.8 Å². The zero-order valence-corrected chi connectivity index (χ0v) is 5.57. The fraction of sp³-hybridized carbons (Fsp3) is 0.200. The maximum absolute atomic E-state index is 3.06. The molecule has 10 heavy (non-hydrogen) atoms. The second kappa shape index (κ2) is 2.09. The first-order valence-electron chi connectivity index (χ1n) is 3.32. The van der Waals surface area contributed by atoms with Gasteiger partial charge in [-0.05, 0) is 23.3 Å². The van der Waals surface area contributed by atoms with Crippen LogP contribution in [-0.4, -0.2) is 0 Å². The van der Waals surface area contributed by atoms with Gasteiger partial charge in [-0.15, -0.1) is 0 Å². The molecule has 0 saturated carbocycles. The highest BCUT2D eigenvalue weighted by molar-refractivity contribution is 5.35. The number of hydrogen-bond donors (Lipinski definition) is 0. The fourth-order valence-electron chi connectivity index (χ4n) is 1.09. The predicted octanol–water partition coefficient (Wildman–Crippen LogP) is 1.39. The van der Waals surface area contributed by atoms with E-state index in [1.54, 1.807) is 0 Å². The molecule has 0 saturated heterocycles.